The molecule has 37 heavy (non-hydrogen) atoms. The summed E-state index contributed by atoms with van der Waals surface area (Å²) >= 11 is 0. The smallest absolute Gasteiger partial charge is 0.223 e. The number of likely N-dealkylation sites (tertiary alicyclic amines) is 1. The molecule has 1 saturated carbocycles. The Morgan fingerprint density at radius 2 is 1.97 bits per heavy atom. The molecule has 8 heteroatoms. The highest BCUT2D eigenvalue weighted by atomic mass is 19.1. The molecule has 0 bridgehead atoms. The van der Waals surface area contributed by atoms with Crippen LogP contribution < -0.4 is 20.9 Å². The summed E-state index contributed by atoms with van der Waals surface area (Å²) in [4.78, 5) is 27.5. The minimum absolute atomic E-state index is 0.0384. The molecule has 7 nitrogen and oxygen atoms in total. The molecule has 3 N–H and O–H groups in total. The minimum Gasteiger partial charge on any atom is -0.496 e. The molecule has 2 saturated heterocycles. The Morgan fingerprint density at radius 1 is 1.14 bits per heavy atom. The van der Waals surface area contributed by atoms with Gasteiger partial charge < -0.3 is 10.1 Å². The molecule has 2 aromatic rings. The van der Waals surface area contributed by atoms with Gasteiger partial charge in [-0.05, 0) is 75.3 Å². The van der Waals surface area contributed by atoms with Gasteiger partial charge in [0.2, 0.25) is 5.91 Å². The van der Waals surface area contributed by atoms with Gasteiger partial charge in [-0.15, -0.1) is 0 Å². The largest absolute Gasteiger partial charge is 0.496 e. The van der Waals surface area contributed by atoms with E-state index in [9.17, 15) is 14.0 Å². The van der Waals surface area contributed by atoms with Crippen molar-refractivity contribution in [1.82, 2.24) is 21.1 Å². The summed E-state index contributed by atoms with van der Waals surface area (Å²) in [6, 6.07) is 13.1. The first-order chi connectivity index (χ1) is 17.9. The van der Waals surface area contributed by atoms with Crippen LogP contribution >= 0.6 is 0 Å². The maximum atomic E-state index is 14.5. The van der Waals surface area contributed by atoms with E-state index in [4.69, 9.17) is 4.74 Å². The third-order valence-corrected chi connectivity index (χ3v) is 8.30. The highest BCUT2D eigenvalue weighted by Crippen LogP contribution is 2.40. The van der Waals surface area contributed by atoms with Gasteiger partial charge in [0.1, 0.15) is 11.6 Å². The van der Waals surface area contributed by atoms with Gasteiger partial charge >= 0.3 is 0 Å². The third-order valence-electron chi connectivity index (χ3n) is 8.30. The molecule has 3 aliphatic rings. The molecule has 2 heterocycles. The van der Waals surface area contributed by atoms with Gasteiger partial charge in [-0.2, -0.15) is 0 Å². The third kappa shape index (κ3) is 5.71. The number of rotatable bonds is 7. The van der Waals surface area contributed by atoms with Crippen LogP contribution in [0.1, 0.15) is 66.6 Å². The first kappa shape index (κ1) is 25.8. The van der Waals surface area contributed by atoms with E-state index in [0.717, 1.165) is 44.2 Å². The standard InChI is InChI=1S/C29H37FN4O3/c1-18(35)19-6-3-7-20(14-19)28-23-15-21(11-12-26(23)32-33-28)29(36)31-22-8-5-13-34(16-22)17-24-25(30)9-4-10-27(24)37-2/h3-4,6-7,9-10,14,21-23,26,28,32-33H,5,8,11-13,15-17H2,1-2H3,(H,31,36)/t21?,22-,23?,26?,28?/m1/s1. The van der Waals surface area contributed by atoms with Gasteiger partial charge in [-0.25, -0.2) is 9.82 Å². The second kappa shape index (κ2) is 11.3. The van der Waals surface area contributed by atoms with Gasteiger partial charge in [-0.3, -0.25) is 19.9 Å². The molecule has 0 aromatic heterocycles. The Kier molecular flexibility index (Phi) is 7.88. The fourth-order valence-electron chi connectivity index (χ4n) is 6.32. The Labute approximate surface area is 218 Å². The van der Waals surface area contributed by atoms with E-state index in [2.05, 4.69) is 27.1 Å². The van der Waals surface area contributed by atoms with Crippen molar-refractivity contribution in [3.8, 4) is 5.75 Å². The number of piperidine rings is 1. The lowest BCUT2D eigenvalue weighted by Gasteiger charge is -2.36. The Morgan fingerprint density at radius 3 is 2.78 bits per heavy atom. The van der Waals surface area contributed by atoms with Gasteiger partial charge in [0.15, 0.2) is 5.78 Å². The molecule has 0 spiro atoms. The summed E-state index contributed by atoms with van der Waals surface area (Å²) < 4.78 is 19.8. The number of ketones is 1. The number of Topliss-reactive ketones (excluding diaryl/α,β-unsaturated/α-hetero) is 1. The number of ether oxygens (including phenoxy) is 1. The Bertz CT molecular complexity index is 1140. The maximum absolute atomic E-state index is 14.5. The normalized spacial score (nSPS) is 27.9. The number of hydrogen-bond acceptors (Lipinski definition) is 6. The summed E-state index contributed by atoms with van der Waals surface area (Å²) in [5.41, 5.74) is 9.21. The first-order valence-corrected chi connectivity index (χ1v) is 13.4. The minimum atomic E-state index is -0.260. The molecule has 1 aliphatic carbocycles. The number of carbonyl (C=O) groups is 2. The molecule has 2 aliphatic heterocycles. The number of hydrazine groups is 1. The van der Waals surface area contributed by atoms with Crippen molar-refractivity contribution in [2.45, 2.75) is 63.7 Å². The van der Waals surface area contributed by atoms with E-state index in [1.807, 2.05) is 18.2 Å². The number of hydrogen-bond donors (Lipinski definition) is 3. The van der Waals surface area contributed by atoms with Crippen molar-refractivity contribution in [1.29, 1.82) is 0 Å². The topological polar surface area (TPSA) is 82.7 Å². The molecule has 5 rings (SSSR count). The lowest BCUT2D eigenvalue weighted by molar-refractivity contribution is -0.127. The lowest BCUT2D eigenvalue weighted by Crippen LogP contribution is -2.50. The monoisotopic (exact) mass is 508 g/mol. The van der Waals surface area contributed by atoms with Gasteiger partial charge in [0.25, 0.3) is 0 Å². The SMILES string of the molecule is COc1cccc(F)c1CN1CCC[C@@H](NC(=O)C2CCC3NNC(c4cccc(C(C)=O)c4)C3C2)C1. The van der Waals surface area contributed by atoms with E-state index < -0.39 is 0 Å². The summed E-state index contributed by atoms with van der Waals surface area (Å²) in [5.74, 6) is 0.721. The van der Waals surface area contributed by atoms with Gasteiger partial charge in [-0.1, -0.05) is 24.3 Å². The predicted molar refractivity (Wildman–Crippen MR) is 139 cm³/mol. The summed E-state index contributed by atoms with van der Waals surface area (Å²) in [6.45, 7) is 3.62. The van der Waals surface area contributed by atoms with Crippen molar-refractivity contribution in [2.75, 3.05) is 20.2 Å². The van der Waals surface area contributed by atoms with Crippen LogP contribution in [0.5, 0.6) is 5.75 Å². The molecule has 2 aromatic carbocycles. The zero-order valence-corrected chi connectivity index (χ0v) is 21.6. The van der Waals surface area contributed by atoms with Crippen LogP contribution in [0, 0.1) is 17.7 Å². The number of fused-ring (bicyclic) bond motifs is 1. The van der Waals surface area contributed by atoms with E-state index in [1.165, 1.54) is 6.07 Å². The van der Waals surface area contributed by atoms with Gasteiger partial charge in [0, 0.05) is 42.2 Å². The van der Waals surface area contributed by atoms with E-state index in [-0.39, 0.29) is 41.4 Å². The molecule has 5 atom stereocenters. The highest BCUT2D eigenvalue weighted by molar-refractivity contribution is 5.94. The van der Waals surface area contributed by atoms with Crippen LogP contribution in [-0.4, -0.2) is 48.9 Å². The molecule has 0 radical (unpaired) electrons. The van der Waals surface area contributed by atoms with Crippen LogP contribution in [0.25, 0.3) is 0 Å². The molecule has 4 unspecified atom stereocenters. The predicted octanol–water partition coefficient (Wildman–Crippen LogP) is 3.75. The molecule has 1 amide bonds. The number of halogens is 1. The van der Waals surface area contributed by atoms with Crippen molar-refractivity contribution >= 4 is 11.7 Å². The first-order valence-electron chi connectivity index (χ1n) is 13.4. The second-order valence-corrected chi connectivity index (χ2v) is 10.7. The van der Waals surface area contributed by atoms with E-state index >= 15 is 0 Å². The van der Waals surface area contributed by atoms with Crippen molar-refractivity contribution in [3.05, 3.63) is 65.0 Å². The number of methoxy groups -OCH3 is 1. The summed E-state index contributed by atoms with van der Waals surface area (Å²) in [5, 5.41) is 3.32. The Balaban J connectivity index is 1.20. The van der Waals surface area contributed by atoms with Crippen molar-refractivity contribution < 1.29 is 18.7 Å². The fourth-order valence-corrected chi connectivity index (χ4v) is 6.32. The van der Waals surface area contributed by atoms with Crippen LogP contribution in [-0.2, 0) is 11.3 Å². The summed E-state index contributed by atoms with van der Waals surface area (Å²) in [7, 11) is 1.56. The molecule has 198 valence electrons. The van der Waals surface area contributed by atoms with Crippen LogP contribution in [0.3, 0.4) is 0 Å². The maximum Gasteiger partial charge on any atom is 0.223 e. The zero-order valence-electron chi connectivity index (χ0n) is 21.6. The molecular formula is C29H37FN4O3. The quantitative estimate of drug-likeness (QED) is 0.494. The number of carbonyl (C=O) groups excluding carboxylic acids is 2. The van der Waals surface area contributed by atoms with Crippen LogP contribution in [0.15, 0.2) is 42.5 Å². The van der Waals surface area contributed by atoms with Crippen LogP contribution in [0.2, 0.25) is 0 Å². The highest BCUT2D eigenvalue weighted by Gasteiger charge is 2.43. The van der Waals surface area contributed by atoms with Crippen molar-refractivity contribution in [2.24, 2.45) is 11.8 Å². The van der Waals surface area contributed by atoms with E-state index in [1.54, 1.807) is 26.2 Å². The van der Waals surface area contributed by atoms with Crippen molar-refractivity contribution in [3.63, 3.8) is 0 Å². The Hall–Kier alpha value is -2.81. The zero-order chi connectivity index (χ0) is 25.9. The average molecular weight is 509 g/mol. The number of amides is 1. The number of benzene rings is 2. The van der Waals surface area contributed by atoms with E-state index in [0.29, 0.717) is 36.0 Å². The average Bonchev–Trinajstić information content (AvgIpc) is 3.33. The number of nitrogens with zero attached hydrogens (tertiary/aromatic N) is 1. The second-order valence-electron chi connectivity index (χ2n) is 10.7. The summed E-state index contributed by atoms with van der Waals surface area (Å²) in [6.07, 6.45) is 4.47. The van der Waals surface area contributed by atoms with Gasteiger partial charge in [0.05, 0.1) is 13.2 Å². The molecular weight excluding hydrogens is 471 g/mol. The molecule has 3 fully saturated rings. The number of nitrogens with one attached hydrogen (secondary N) is 3. The van der Waals surface area contributed by atoms with Crippen LogP contribution in [0.4, 0.5) is 4.39 Å². The lowest BCUT2D eigenvalue weighted by atomic mass is 9.74. The fraction of sp³-hybridized carbons (Fsp3) is 0.517.